The summed E-state index contributed by atoms with van der Waals surface area (Å²) in [6.45, 7) is 1.25. The molecule has 1 saturated heterocycles. The molecule has 19 heavy (non-hydrogen) atoms. The molecule has 5 heteroatoms. The predicted molar refractivity (Wildman–Crippen MR) is 72.6 cm³/mol. The van der Waals surface area contributed by atoms with E-state index in [-0.39, 0.29) is 25.1 Å². The number of aliphatic hydroxyl groups is 2. The van der Waals surface area contributed by atoms with Gasteiger partial charge in [0.25, 0.3) is 0 Å². The molecule has 2 aliphatic rings. The first-order valence-corrected chi connectivity index (χ1v) is 7.39. The Balaban J connectivity index is 1.80. The van der Waals surface area contributed by atoms with E-state index < -0.39 is 5.60 Å². The highest BCUT2D eigenvalue weighted by Crippen LogP contribution is 2.32. The summed E-state index contributed by atoms with van der Waals surface area (Å²) < 4.78 is 0. The van der Waals surface area contributed by atoms with Gasteiger partial charge >= 0.3 is 0 Å². The van der Waals surface area contributed by atoms with Gasteiger partial charge in [-0.05, 0) is 38.5 Å². The van der Waals surface area contributed by atoms with E-state index in [9.17, 15) is 9.90 Å². The van der Waals surface area contributed by atoms with Crippen LogP contribution in [-0.2, 0) is 4.79 Å². The van der Waals surface area contributed by atoms with Crippen LogP contribution in [0.15, 0.2) is 0 Å². The number of rotatable bonds is 4. The van der Waals surface area contributed by atoms with Crippen LogP contribution in [0, 0.1) is 5.92 Å². The van der Waals surface area contributed by atoms with Gasteiger partial charge in [-0.3, -0.25) is 4.79 Å². The van der Waals surface area contributed by atoms with E-state index in [0.717, 1.165) is 18.8 Å². The second kappa shape index (κ2) is 6.20. The lowest BCUT2D eigenvalue weighted by Gasteiger charge is -2.40. The fourth-order valence-corrected chi connectivity index (χ4v) is 3.16. The van der Waals surface area contributed by atoms with Crippen LogP contribution >= 0.6 is 0 Å². The number of carbonyl (C=O) groups is 1. The van der Waals surface area contributed by atoms with Gasteiger partial charge in [-0.2, -0.15) is 0 Å². The van der Waals surface area contributed by atoms with Crippen LogP contribution in [0.25, 0.3) is 0 Å². The molecule has 4 N–H and O–H groups in total. The molecule has 4 unspecified atom stereocenters. The number of carbonyl (C=O) groups excluding carboxylic acids is 1. The molecular formula is C14H26N2O3. The van der Waals surface area contributed by atoms with Crippen LogP contribution in [0.4, 0.5) is 0 Å². The van der Waals surface area contributed by atoms with Crippen molar-refractivity contribution in [3.05, 3.63) is 0 Å². The fourth-order valence-electron chi connectivity index (χ4n) is 3.16. The maximum Gasteiger partial charge on any atom is 0.237 e. The zero-order chi connectivity index (χ0) is 13.9. The van der Waals surface area contributed by atoms with Crippen molar-refractivity contribution in [3.8, 4) is 0 Å². The number of amides is 1. The molecule has 0 radical (unpaired) electrons. The van der Waals surface area contributed by atoms with Gasteiger partial charge in [0.15, 0.2) is 0 Å². The van der Waals surface area contributed by atoms with E-state index in [1.807, 2.05) is 0 Å². The summed E-state index contributed by atoms with van der Waals surface area (Å²) in [4.78, 5) is 12.1. The molecule has 4 atom stereocenters. The second-order valence-electron chi connectivity index (χ2n) is 6.32. The molecule has 1 amide bonds. The van der Waals surface area contributed by atoms with Crippen LogP contribution in [0.2, 0.25) is 0 Å². The Bertz CT molecular complexity index is 320. The minimum Gasteiger partial charge on any atom is -0.393 e. The Kier molecular flexibility index (Phi) is 4.81. The van der Waals surface area contributed by atoms with E-state index in [4.69, 9.17) is 5.11 Å². The summed E-state index contributed by atoms with van der Waals surface area (Å²) >= 11 is 0. The Hall–Kier alpha value is -0.650. The number of hydrogen-bond acceptors (Lipinski definition) is 4. The van der Waals surface area contributed by atoms with Gasteiger partial charge in [-0.1, -0.05) is 12.8 Å². The van der Waals surface area contributed by atoms with Crippen molar-refractivity contribution < 1.29 is 15.0 Å². The first-order valence-electron chi connectivity index (χ1n) is 7.39. The van der Waals surface area contributed by atoms with Crippen molar-refractivity contribution in [1.29, 1.82) is 0 Å². The normalized spacial score (nSPS) is 34.2. The zero-order valence-corrected chi connectivity index (χ0v) is 11.7. The number of fused-ring (bicyclic) bond motifs is 1. The van der Waals surface area contributed by atoms with Crippen molar-refractivity contribution in [2.24, 2.45) is 5.92 Å². The van der Waals surface area contributed by atoms with Gasteiger partial charge in [0.2, 0.25) is 5.91 Å². The predicted octanol–water partition coefficient (Wildman–Crippen LogP) is 0.157. The Morgan fingerprint density at radius 3 is 2.79 bits per heavy atom. The van der Waals surface area contributed by atoms with E-state index in [1.54, 1.807) is 0 Å². The SMILES string of the molecule is CC(O)(CO)CNC(=O)C1CCC2CCCCC2N1. The molecule has 1 aliphatic heterocycles. The number of nitrogens with one attached hydrogen (secondary N) is 2. The van der Waals surface area contributed by atoms with Gasteiger partial charge in [0, 0.05) is 12.6 Å². The molecule has 0 spiro atoms. The smallest absolute Gasteiger partial charge is 0.237 e. The molecule has 1 saturated carbocycles. The molecule has 0 aromatic heterocycles. The van der Waals surface area contributed by atoms with Gasteiger partial charge in [0.1, 0.15) is 5.60 Å². The van der Waals surface area contributed by atoms with E-state index in [0.29, 0.717) is 6.04 Å². The second-order valence-corrected chi connectivity index (χ2v) is 6.32. The van der Waals surface area contributed by atoms with Crippen LogP contribution in [0.3, 0.4) is 0 Å². The van der Waals surface area contributed by atoms with Gasteiger partial charge in [0.05, 0.1) is 12.6 Å². The van der Waals surface area contributed by atoms with Crippen molar-refractivity contribution in [2.45, 2.75) is 63.1 Å². The lowest BCUT2D eigenvalue weighted by Crippen LogP contribution is -2.56. The van der Waals surface area contributed by atoms with E-state index >= 15 is 0 Å². The topological polar surface area (TPSA) is 81.6 Å². The molecule has 0 bridgehead atoms. The number of hydrogen-bond donors (Lipinski definition) is 4. The molecule has 2 rings (SSSR count). The average molecular weight is 270 g/mol. The molecule has 2 fully saturated rings. The van der Waals surface area contributed by atoms with E-state index in [1.165, 1.54) is 32.6 Å². The molecule has 1 heterocycles. The summed E-state index contributed by atoms with van der Waals surface area (Å²) in [5.74, 6) is 0.677. The van der Waals surface area contributed by atoms with Gasteiger partial charge in [-0.15, -0.1) is 0 Å². The van der Waals surface area contributed by atoms with Crippen LogP contribution in [-0.4, -0.2) is 47.0 Å². The number of piperidine rings is 1. The standard InChI is InChI=1S/C14H26N2O3/c1-14(19,9-17)8-15-13(18)12-7-6-10-4-2-3-5-11(10)16-12/h10-12,16-17,19H,2-9H2,1H3,(H,15,18). The van der Waals surface area contributed by atoms with Crippen molar-refractivity contribution >= 4 is 5.91 Å². The summed E-state index contributed by atoms with van der Waals surface area (Å²) in [5.41, 5.74) is -1.24. The monoisotopic (exact) mass is 270 g/mol. The maximum absolute atomic E-state index is 12.1. The largest absolute Gasteiger partial charge is 0.393 e. The molecular weight excluding hydrogens is 244 g/mol. The van der Waals surface area contributed by atoms with Crippen molar-refractivity contribution in [1.82, 2.24) is 10.6 Å². The highest BCUT2D eigenvalue weighted by atomic mass is 16.3. The van der Waals surface area contributed by atoms with Gasteiger partial charge in [-0.25, -0.2) is 0 Å². The number of aliphatic hydroxyl groups excluding tert-OH is 1. The summed E-state index contributed by atoms with van der Waals surface area (Å²) in [7, 11) is 0. The first kappa shape index (κ1) is 14.8. The minimum atomic E-state index is -1.24. The highest BCUT2D eigenvalue weighted by molar-refractivity contribution is 5.81. The molecule has 110 valence electrons. The lowest BCUT2D eigenvalue weighted by molar-refractivity contribution is -0.126. The Morgan fingerprint density at radius 1 is 1.32 bits per heavy atom. The average Bonchev–Trinajstić information content (AvgIpc) is 2.44. The lowest BCUT2D eigenvalue weighted by atomic mass is 9.77. The summed E-state index contributed by atoms with van der Waals surface area (Å²) in [5, 5.41) is 24.8. The summed E-state index contributed by atoms with van der Waals surface area (Å²) in [6.07, 6.45) is 7.01. The quantitative estimate of drug-likeness (QED) is 0.586. The Labute approximate surface area is 114 Å². The van der Waals surface area contributed by atoms with Crippen molar-refractivity contribution in [2.75, 3.05) is 13.2 Å². The van der Waals surface area contributed by atoms with Crippen LogP contribution in [0.1, 0.15) is 45.4 Å². The van der Waals surface area contributed by atoms with Crippen molar-refractivity contribution in [3.63, 3.8) is 0 Å². The molecule has 0 aromatic rings. The third-order valence-corrected chi connectivity index (χ3v) is 4.45. The third-order valence-electron chi connectivity index (χ3n) is 4.45. The van der Waals surface area contributed by atoms with E-state index in [2.05, 4.69) is 10.6 Å². The van der Waals surface area contributed by atoms with Gasteiger partial charge < -0.3 is 20.8 Å². The highest BCUT2D eigenvalue weighted by Gasteiger charge is 2.34. The molecule has 0 aromatic carbocycles. The maximum atomic E-state index is 12.1. The molecule has 1 aliphatic carbocycles. The fraction of sp³-hybridized carbons (Fsp3) is 0.929. The van der Waals surface area contributed by atoms with Crippen LogP contribution in [0.5, 0.6) is 0 Å². The van der Waals surface area contributed by atoms with Crippen LogP contribution < -0.4 is 10.6 Å². The zero-order valence-electron chi connectivity index (χ0n) is 11.7. The Morgan fingerprint density at radius 2 is 2.05 bits per heavy atom. The first-order chi connectivity index (χ1) is 9.02. The summed E-state index contributed by atoms with van der Waals surface area (Å²) in [6, 6.07) is 0.338. The minimum absolute atomic E-state index is 0.0576. The third kappa shape index (κ3) is 3.91. The molecule has 5 nitrogen and oxygen atoms in total.